The number of carbonyl (C=O) groups excluding carboxylic acids is 2. The van der Waals surface area contributed by atoms with E-state index in [2.05, 4.69) is 6.58 Å². The van der Waals surface area contributed by atoms with Gasteiger partial charge in [0.1, 0.15) is 5.75 Å². The lowest BCUT2D eigenvalue weighted by Gasteiger charge is -2.10. The molecule has 0 bridgehead atoms. The fourth-order valence-electron chi connectivity index (χ4n) is 1.88. The van der Waals surface area contributed by atoms with Crippen LogP contribution in [-0.4, -0.2) is 18.4 Å². The van der Waals surface area contributed by atoms with E-state index in [0.717, 1.165) is 0 Å². The predicted molar refractivity (Wildman–Crippen MR) is 82.7 cm³/mol. The molecule has 0 atom stereocenters. The van der Waals surface area contributed by atoms with Crippen molar-refractivity contribution in [1.29, 1.82) is 0 Å². The first-order chi connectivity index (χ1) is 10.6. The molecule has 0 aliphatic heterocycles. The van der Waals surface area contributed by atoms with E-state index in [1.165, 1.54) is 0 Å². The third-order valence-electron chi connectivity index (χ3n) is 2.92. The maximum Gasteiger partial charge on any atom is 0.378 e. The summed E-state index contributed by atoms with van der Waals surface area (Å²) in [5, 5.41) is 0. The summed E-state index contributed by atoms with van der Waals surface area (Å²) in [5.74, 6) is -0.840. The first kappa shape index (κ1) is 15.5. The van der Waals surface area contributed by atoms with E-state index in [1.54, 1.807) is 55.5 Å². The molecule has 0 fully saturated rings. The van der Waals surface area contributed by atoms with Gasteiger partial charge >= 0.3 is 5.97 Å². The number of benzene rings is 2. The first-order valence-corrected chi connectivity index (χ1v) is 6.86. The first-order valence-electron chi connectivity index (χ1n) is 6.86. The van der Waals surface area contributed by atoms with Gasteiger partial charge in [-0.15, -0.1) is 0 Å². The van der Waals surface area contributed by atoms with E-state index >= 15 is 0 Å². The Morgan fingerprint density at radius 2 is 1.64 bits per heavy atom. The minimum atomic E-state index is -0.713. The highest BCUT2D eigenvalue weighted by Crippen LogP contribution is 2.22. The number of hydrogen-bond donors (Lipinski definition) is 0. The van der Waals surface area contributed by atoms with Gasteiger partial charge in [-0.2, -0.15) is 0 Å². The van der Waals surface area contributed by atoms with E-state index in [0.29, 0.717) is 17.7 Å². The fraction of sp³-hybridized carbons (Fsp3) is 0.111. The fourth-order valence-corrected chi connectivity index (χ4v) is 1.88. The van der Waals surface area contributed by atoms with Crippen molar-refractivity contribution < 1.29 is 19.1 Å². The highest BCUT2D eigenvalue weighted by Gasteiger charge is 2.18. The van der Waals surface area contributed by atoms with Crippen LogP contribution in [0.1, 0.15) is 22.8 Å². The molecule has 0 N–H and O–H groups in total. The Hall–Kier alpha value is -2.88. The number of ether oxygens (including phenoxy) is 2. The zero-order chi connectivity index (χ0) is 15.9. The molecule has 112 valence electrons. The highest BCUT2D eigenvalue weighted by atomic mass is 16.6. The van der Waals surface area contributed by atoms with Crippen molar-refractivity contribution in [2.45, 2.75) is 6.92 Å². The third-order valence-corrected chi connectivity index (χ3v) is 2.92. The van der Waals surface area contributed by atoms with Gasteiger partial charge in [0.2, 0.25) is 0 Å². The molecule has 0 aliphatic carbocycles. The molecule has 4 heteroatoms. The molecule has 4 nitrogen and oxygen atoms in total. The van der Waals surface area contributed by atoms with Gasteiger partial charge < -0.3 is 9.47 Å². The molecule has 0 spiro atoms. The second kappa shape index (κ2) is 7.22. The van der Waals surface area contributed by atoms with Crippen LogP contribution in [0.2, 0.25) is 0 Å². The molecule has 2 aromatic rings. The van der Waals surface area contributed by atoms with E-state index in [9.17, 15) is 9.59 Å². The maximum absolute atomic E-state index is 12.5. The second-order valence-corrected chi connectivity index (χ2v) is 4.44. The number of carbonyl (C=O) groups is 2. The van der Waals surface area contributed by atoms with Crippen LogP contribution in [0.15, 0.2) is 66.9 Å². The van der Waals surface area contributed by atoms with Crippen LogP contribution in [0.25, 0.3) is 0 Å². The molecule has 0 aliphatic rings. The zero-order valence-corrected chi connectivity index (χ0v) is 12.2. The van der Waals surface area contributed by atoms with Gasteiger partial charge in [0.05, 0.1) is 12.2 Å². The quantitative estimate of drug-likeness (QED) is 0.270. The Morgan fingerprint density at radius 1 is 1.00 bits per heavy atom. The lowest BCUT2D eigenvalue weighted by atomic mass is 10.0. The largest absolute Gasteiger partial charge is 0.487 e. The van der Waals surface area contributed by atoms with Gasteiger partial charge in [-0.3, -0.25) is 4.79 Å². The monoisotopic (exact) mass is 296 g/mol. The van der Waals surface area contributed by atoms with E-state index in [-0.39, 0.29) is 17.3 Å². The average Bonchev–Trinajstić information content (AvgIpc) is 2.55. The van der Waals surface area contributed by atoms with Gasteiger partial charge in [0.25, 0.3) is 0 Å². The summed E-state index contributed by atoms with van der Waals surface area (Å²) in [4.78, 5) is 24.4. The predicted octanol–water partition coefficient (Wildman–Crippen LogP) is 3.37. The number of rotatable bonds is 6. The molecule has 0 radical (unpaired) electrons. The molecular formula is C18H16O4. The van der Waals surface area contributed by atoms with Crippen molar-refractivity contribution in [3.8, 4) is 5.75 Å². The van der Waals surface area contributed by atoms with Crippen LogP contribution in [0.4, 0.5) is 0 Å². The van der Waals surface area contributed by atoms with Gasteiger partial charge in [0, 0.05) is 5.56 Å². The summed E-state index contributed by atoms with van der Waals surface area (Å²) in [6.07, 6.45) is 0. The van der Waals surface area contributed by atoms with Crippen LogP contribution < -0.4 is 4.74 Å². The van der Waals surface area contributed by atoms with Crippen molar-refractivity contribution in [2.75, 3.05) is 6.61 Å². The van der Waals surface area contributed by atoms with Crippen LogP contribution in [0, 0.1) is 0 Å². The van der Waals surface area contributed by atoms with E-state index < -0.39 is 5.97 Å². The lowest BCUT2D eigenvalue weighted by Crippen LogP contribution is -2.15. The average molecular weight is 296 g/mol. The Labute approximate surface area is 129 Å². The molecule has 0 amide bonds. The minimum Gasteiger partial charge on any atom is -0.487 e. The van der Waals surface area contributed by atoms with Gasteiger partial charge in [-0.25, -0.2) is 4.79 Å². The van der Waals surface area contributed by atoms with Crippen molar-refractivity contribution in [2.24, 2.45) is 0 Å². The summed E-state index contributed by atoms with van der Waals surface area (Å²) in [5.41, 5.74) is 0.834. The normalized spacial score (nSPS) is 9.86. The Kier molecular flexibility index (Phi) is 5.09. The van der Waals surface area contributed by atoms with Gasteiger partial charge in [0.15, 0.2) is 11.5 Å². The molecule has 0 saturated carbocycles. The SMILES string of the molecule is C=C(OCC)C(=O)Oc1ccccc1C(=O)c1ccccc1. The summed E-state index contributed by atoms with van der Waals surface area (Å²) in [6, 6.07) is 15.4. The highest BCUT2D eigenvalue weighted by molar-refractivity contribution is 6.11. The summed E-state index contributed by atoms with van der Waals surface area (Å²) in [6.45, 7) is 5.55. The molecule has 0 saturated heterocycles. The van der Waals surface area contributed by atoms with Crippen LogP contribution in [0.3, 0.4) is 0 Å². The second-order valence-electron chi connectivity index (χ2n) is 4.44. The van der Waals surface area contributed by atoms with E-state index in [1.807, 2.05) is 6.07 Å². The standard InChI is InChI=1S/C18H16O4/c1-3-21-13(2)18(20)22-16-12-8-7-11-15(16)17(19)14-9-5-4-6-10-14/h4-12H,2-3H2,1H3. The van der Waals surface area contributed by atoms with Crippen molar-refractivity contribution in [3.63, 3.8) is 0 Å². The van der Waals surface area contributed by atoms with Crippen LogP contribution in [0.5, 0.6) is 5.75 Å². The van der Waals surface area contributed by atoms with Crippen molar-refractivity contribution in [1.82, 2.24) is 0 Å². The number of ketones is 1. The van der Waals surface area contributed by atoms with Crippen LogP contribution >= 0.6 is 0 Å². The lowest BCUT2D eigenvalue weighted by molar-refractivity contribution is -0.133. The molecule has 22 heavy (non-hydrogen) atoms. The molecule has 0 aromatic heterocycles. The molecular weight excluding hydrogens is 280 g/mol. The Morgan fingerprint density at radius 3 is 2.32 bits per heavy atom. The minimum absolute atomic E-state index is 0.0931. The topological polar surface area (TPSA) is 52.6 Å². The molecule has 0 heterocycles. The Bertz CT molecular complexity index is 689. The maximum atomic E-state index is 12.5. The summed E-state index contributed by atoms with van der Waals surface area (Å²) in [7, 11) is 0. The summed E-state index contributed by atoms with van der Waals surface area (Å²) < 4.78 is 10.2. The number of esters is 1. The smallest absolute Gasteiger partial charge is 0.378 e. The van der Waals surface area contributed by atoms with Crippen molar-refractivity contribution >= 4 is 11.8 Å². The van der Waals surface area contributed by atoms with Gasteiger partial charge in [-0.05, 0) is 25.6 Å². The van der Waals surface area contributed by atoms with Crippen LogP contribution in [-0.2, 0) is 9.53 Å². The zero-order valence-electron chi connectivity index (χ0n) is 12.2. The van der Waals surface area contributed by atoms with Gasteiger partial charge in [-0.1, -0.05) is 42.5 Å². The molecule has 2 rings (SSSR count). The van der Waals surface area contributed by atoms with E-state index in [4.69, 9.17) is 9.47 Å². The Balaban J connectivity index is 2.26. The third kappa shape index (κ3) is 3.61. The molecule has 0 unspecified atom stereocenters. The van der Waals surface area contributed by atoms with Crippen molar-refractivity contribution in [3.05, 3.63) is 78.1 Å². The molecule has 2 aromatic carbocycles. The number of para-hydroxylation sites is 1. The number of hydrogen-bond acceptors (Lipinski definition) is 4. The summed E-state index contributed by atoms with van der Waals surface area (Å²) >= 11 is 0.